The zero-order valence-corrected chi connectivity index (χ0v) is 17.9. The van der Waals surface area contributed by atoms with Crippen molar-refractivity contribution in [3.8, 4) is 17.6 Å². The Hall–Kier alpha value is -3.09. The fourth-order valence-corrected chi connectivity index (χ4v) is 4.56. The Morgan fingerprint density at radius 2 is 2.26 bits per heavy atom. The highest BCUT2D eigenvalue weighted by Crippen LogP contribution is 2.36. The Labute approximate surface area is 184 Å². The molecule has 4 rings (SSSR count). The van der Waals surface area contributed by atoms with Gasteiger partial charge in [0.05, 0.1) is 32.4 Å². The van der Waals surface area contributed by atoms with E-state index in [0.717, 1.165) is 12.0 Å². The number of hydrogen-bond donors (Lipinski definition) is 1. The van der Waals surface area contributed by atoms with E-state index in [2.05, 4.69) is 5.32 Å². The number of amides is 2. The predicted molar refractivity (Wildman–Crippen MR) is 114 cm³/mol. The molecule has 0 unspecified atom stereocenters. The number of likely N-dealkylation sites (tertiary alicyclic amines) is 1. The van der Waals surface area contributed by atoms with Crippen molar-refractivity contribution >= 4 is 28.2 Å². The average Bonchev–Trinajstić information content (AvgIpc) is 3.50. The van der Waals surface area contributed by atoms with Gasteiger partial charge < -0.3 is 24.4 Å². The molecule has 9 heteroatoms. The summed E-state index contributed by atoms with van der Waals surface area (Å²) in [4.78, 5) is 26.5. The minimum atomic E-state index is -0.312. The lowest BCUT2D eigenvalue weighted by Gasteiger charge is -2.19. The van der Waals surface area contributed by atoms with Crippen LogP contribution in [0.3, 0.4) is 0 Å². The van der Waals surface area contributed by atoms with Gasteiger partial charge in [0.25, 0.3) is 0 Å². The van der Waals surface area contributed by atoms with Crippen molar-refractivity contribution in [2.75, 3.05) is 38.7 Å². The van der Waals surface area contributed by atoms with Crippen molar-refractivity contribution in [3.05, 3.63) is 40.8 Å². The maximum absolute atomic E-state index is 12.5. The second kappa shape index (κ2) is 9.37. The number of carbonyl (C=O) groups is 2. The maximum Gasteiger partial charge on any atom is 0.244 e. The Kier molecular flexibility index (Phi) is 6.39. The van der Waals surface area contributed by atoms with Gasteiger partial charge in [0, 0.05) is 25.3 Å². The molecule has 2 amide bonds. The normalized spacial score (nSPS) is 20.5. The molecule has 1 aromatic heterocycles. The third-order valence-electron chi connectivity index (χ3n) is 5.43. The largest absolute Gasteiger partial charge is 0.493 e. The fraction of sp³-hybridized carbons (Fsp3) is 0.409. The third kappa shape index (κ3) is 4.81. The van der Waals surface area contributed by atoms with Gasteiger partial charge in [-0.15, -0.1) is 11.3 Å². The van der Waals surface area contributed by atoms with Gasteiger partial charge in [-0.25, -0.2) is 0 Å². The molecule has 3 heterocycles. The number of carbonyl (C=O) groups excluding carboxylic acids is 2. The summed E-state index contributed by atoms with van der Waals surface area (Å²) in [6.07, 6.45) is 1.15. The van der Waals surface area contributed by atoms with Crippen LogP contribution in [0.1, 0.15) is 29.9 Å². The molecule has 1 aromatic carbocycles. The van der Waals surface area contributed by atoms with Crippen LogP contribution in [0.25, 0.3) is 0 Å². The first-order valence-corrected chi connectivity index (χ1v) is 10.9. The zero-order valence-electron chi connectivity index (χ0n) is 17.1. The lowest BCUT2D eigenvalue weighted by Crippen LogP contribution is -2.34. The minimum absolute atomic E-state index is 0.00916. The number of rotatable bonds is 7. The van der Waals surface area contributed by atoms with Crippen molar-refractivity contribution in [1.82, 2.24) is 4.90 Å². The molecule has 8 nitrogen and oxygen atoms in total. The summed E-state index contributed by atoms with van der Waals surface area (Å²) in [5.41, 5.74) is 1.39. The van der Waals surface area contributed by atoms with Gasteiger partial charge in [-0.05, 0) is 29.1 Å². The molecule has 0 radical (unpaired) electrons. The number of nitriles is 1. The minimum Gasteiger partial charge on any atom is -0.493 e. The quantitative estimate of drug-likeness (QED) is 0.709. The Bertz CT molecular complexity index is 1010. The first kappa shape index (κ1) is 21.2. The molecule has 1 N–H and O–H groups in total. The van der Waals surface area contributed by atoms with Crippen LogP contribution in [-0.4, -0.2) is 56.2 Å². The second-order valence-corrected chi connectivity index (χ2v) is 8.43. The molecule has 0 saturated carbocycles. The molecule has 2 atom stereocenters. The van der Waals surface area contributed by atoms with E-state index in [9.17, 15) is 9.59 Å². The summed E-state index contributed by atoms with van der Waals surface area (Å²) in [6, 6.07) is 9.39. The predicted octanol–water partition coefficient (Wildman–Crippen LogP) is 2.75. The first-order valence-electron chi connectivity index (χ1n) is 10.0. The molecule has 0 aliphatic carbocycles. The zero-order chi connectivity index (χ0) is 21.8. The number of methoxy groups -OCH3 is 1. The van der Waals surface area contributed by atoms with E-state index in [1.807, 2.05) is 24.3 Å². The summed E-state index contributed by atoms with van der Waals surface area (Å²) in [5, 5.41) is 14.0. The van der Waals surface area contributed by atoms with Crippen molar-refractivity contribution in [3.63, 3.8) is 0 Å². The molecule has 2 aromatic rings. The van der Waals surface area contributed by atoms with Crippen LogP contribution in [0.2, 0.25) is 0 Å². The number of benzene rings is 1. The number of hydrogen-bond acceptors (Lipinski definition) is 7. The summed E-state index contributed by atoms with van der Waals surface area (Å²) >= 11 is 1.28. The summed E-state index contributed by atoms with van der Waals surface area (Å²) in [5.74, 6) is 0.855. The van der Waals surface area contributed by atoms with Crippen molar-refractivity contribution in [1.29, 1.82) is 5.26 Å². The molecule has 2 fully saturated rings. The van der Waals surface area contributed by atoms with E-state index in [1.165, 1.54) is 11.3 Å². The van der Waals surface area contributed by atoms with E-state index < -0.39 is 0 Å². The Morgan fingerprint density at radius 1 is 1.39 bits per heavy atom. The highest BCUT2D eigenvalue weighted by atomic mass is 32.1. The van der Waals surface area contributed by atoms with E-state index >= 15 is 0 Å². The standard InChI is InChI=1S/C22H23N3O5S/c1-28-18-3-2-14(8-19(18)30-17-4-6-29-13-17)16-9-21(27)25(11-16)12-20(26)24-22-15(10-23)5-7-31-22/h2-3,5,7-8,16-17H,4,6,9,11-13H2,1H3,(H,24,26)/t16-,17-/m1/s1. The molecule has 0 bridgehead atoms. The van der Waals surface area contributed by atoms with Gasteiger partial charge in [0.1, 0.15) is 17.2 Å². The van der Waals surface area contributed by atoms with Crippen LogP contribution in [0.4, 0.5) is 5.00 Å². The van der Waals surface area contributed by atoms with Crippen molar-refractivity contribution < 1.29 is 23.8 Å². The first-order chi connectivity index (χ1) is 15.1. The molecule has 2 aliphatic heterocycles. The molecular formula is C22H23N3O5S. The Morgan fingerprint density at radius 3 is 3.00 bits per heavy atom. The van der Waals surface area contributed by atoms with E-state index in [4.69, 9.17) is 19.5 Å². The average molecular weight is 442 g/mol. The molecule has 2 saturated heterocycles. The van der Waals surface area contributed by atoms with Crippen molar-refractivity contribution in [2.24, 2.45) is 0 Å². The third-order valence-corrected chi connectivity index (χ3v) is 6.26. The highest BCUT2D eigenvalue weighted by Gasteiger charge is 2.32. The number of nitrogens with one attached hydrogen (secondary N) is 1. The summed E-state index contributed by atoms with van der Waals surface area (Å²) in [7, 11) is 1.60. The van der Waals surface area contributed by atoms with E-state index in [1.54, 1.807) is 23.5 Å². The molecule has 31 heavy (non-hydrogen) atoms. The topological polar surface area (TPSA) is 101 Å². The van der Waals surface area contributed by atoms with E-state index in [0.29, 0.717) is 48.2 Å². The van der Waals surface area contributed by atoms with Crippen LogP contribution in [0.15, 0.2) is 29.6 Å². The molecule has 162 valence electrons. The van der Waals surface area contributed by atoms with E-state index in [-0.39, 0.29) is 30.4 Å². The molecular weight excluding hydrogens is 418 g/mol. The van der Waals surface area contributed by atoms with Gasteiger partial charge in [0.2, 0.25) is 11.8 Å². The lowest BCUT2D eigenvalue weighted by atomic mass is 9.98. The number of anilines is 1. The lowest BCUT2D eigenvalue weighted by molar-refractivity contribution is -0.131. The van der Waals surface area contributed by atoms with Gasteiger partial charge in [0.15, 0.2) is 11.5 Å². The summed E-state index contributed by atoms with van der Waals surface area (Å²) in [6.45, 7) is 1.63. The number of nitrogens with zero attached hydrogens (tertiary/aromatic N) is 2. The SMILES string of the molecule is COc1ccc([C@@H]2CC(=O)N(CC(=O)Nc3sccc3C#N)C2)cc1O[C@@H]1CCOC1. The second-order valence-electron chi connectivity index (χ2n) is 7.51. The van der Waals surface area contributed by atoms with Crippen LogP contribution in [0, 0.1) is 11.3 Å². The maximum atomic E-state index is 12.5. The van der Waals surface area contributed by atoms with Gasteiger partial charge in [-0.1, -0.05) is 6.07 Å². The van der Waals surface area contributed by atoms with Crippen molar-refractivity contribution in [2.45, 2.75) is 24.9 Å². The van der Waals surface area contributed by atoms with Crippen LogP contribution >= 0.6 is 11.3 Å². The molecule has 2 aliphatic rings. The van der Waals surface area contributed by atoms with Crippen LogP contribution in [0.5, 0.6) is 11.5 Å². The smallest absolute Gasteiger partial charge is 0.244 e. The molecule has 0 spiro atoms. The monoisotopic (exact) mass is 441 g/mol. The number of thiophene rings is 1. The fourth-order valence-electron chi connectivity index (χ4n) is 3.81. The number of ether oxygens (including phenoxy) is 3. The summed E-state index contributed by atoms with van der Waals surface area (Å²) < 4.78 is 16.9. The van der Waals surface area contributed by atoms with Gasteiger partial charge in [-0.3, -0.25) is 9.59 Å². The Balaban J connectivity index is 1.41. The van der Waals surface area contributed by atoms with Gasteiger partial charge >= 0.3 is 0 Å². The van der Waals surface area contributed by atoms with Crippen LogP contribution in [-0.2, 0) is 14.3 Å². The van der Waals surface area contributed by atoms with Gasteiger partial charge in [-0.2, -0.15) is 5.26 Å². The van der Waals surface area contributed by atoms with Crippen LogP contribution < -0.4 is 14.8 Å². The highest BCUT2D eigenvalue weighted by molar-refractivity contribution is 7.14.